The third-order valence-corrected chi connectivity index (χ3v) is 7.03. The fraction of sp³-hybridized carbons (Fsp3) is 0.207. The lowest BCUT2D eigenvalue weighted by molar-refractivity contribution is -0.385. The van der Waals surface area contributed by atoms with Crippen LogP contribution < -0.4 is 10.5 Å². The first kappa shape index (κ1) is 26.0. The average Bonchev–Trinajstić information content (AvgIpc) is 3.15. The number of aromatic nitrogens is 2. The van der Waals surface area contributed by atoms with Gasteiger partial charge in [-0.1, -0.05) is 49.4 Å². The molecule has 0 spiro atoms. The second kappa shape index (κ2) is 10.2. The Morgan fingerprint density at radius 2 is 1.90 bits per heavy atom. The molecule has 2 N–H and O–H groups in total. The first-order valence-electron chi connectivity index (χ1n) is 12.4. The van der Waals surface area contributed by atoms with Crippen LogP contribution in [0, 0.1) is 16.0 Å². The molecule has 39 heavy (non-hydrogen) atoms. The van der Waals surface area contributed by atoms with Crippen molar-refractivity contribution in [3.05, 3.63) is 117 Å². The van der Waals surface area contributed by atoms with Gasteiger partial charge in [0.2, 0.25) is 0 Å². The van der Waals surface area contributed by atoms with Gasteiger partial charge in [-0.3, -0.25) is 19.7 Å². The predicted molar refractivity (Wildman–Crippen MR) is 146 cm³/mol. The number of carbonyl (C=O) groups is 1. The number of amides is 1. The summed E-state index contributed by atoms with van der Waals surface area (Å²) in [6, 6.07) is 18.2. The van der Waals surface area contributed by atoms with E-state index in [1.54, 1.807) is 61.7 Å². The zero-order valence-corrected chi connectivity index (χ0v) is 21.1. The standard InChI is InChI=1S/C29H26N4O6/c1-19(7-4-5-14-34)29(37)25-16-23(33(38)39)12-13-26(25)31(28(29)36)18-20-8-6-10-22(15-20)32-27(35)24-11-3-2-9-21(24)17-30-32/h2-4,6-13,15-17,19,34,37H,5,14,18H2,1H3/b7-4+/t19-,29+/m0/s1. The summed E-state index contributed by atoms with van der Waals surface area (Å²) in [5.41, 5.74) is -0.875. The maximum Gasteiger partial charge on any atom is 0.279 e. The van der Waals surface area contributed by atoms with E-state index in [9.17, 15) is 24.8 Å². The van der Waals surface area contributed by atoms with Crippen molar-refractivity contribution < 1.29 is 19.9 Å². The summed E-state index contributed by atoms with van der Waals surface area (Å²) >= 11 is 0. The number of rotatable bonds is 8. The van der Waals surface area contributed by atoms with Gasteiger partial charge in [-0.05, 0) is 36.2 Å². The first-order chi connectivity index (χ1) is 18.8. The van der Waals surface area contributed by atoms with Gasteiger partial charge in [0.15, 0.2) is 5.60 Å². The highest BCUT2D eigenvalue weighted by molar-refractivity contribution is 6.07. The van der Waals surface area contributed by atoms with E-state index in [0.29, 0.717) is 28.7 Å². The molecule has 2 heterocycles. The molecule has 0 bridgehead atoms. The topological polar surface area (TPSA) is 139 Å². The van der Waals surface area contributed by atoms with E-state index < -0.39 is 22.3 Å². The van der Waals surface area contributed by atoms with E-state index in [1.807, 2.05) is 12.1 Å². The average molecular weight is 527 g/mol. The molecule has 198 valence electrons. The second-order valence-corrected chi connectivity index (χ2v) is 9.46. The number of benzene rings is 3. The van der Waals surface area contributed by atoms with Gasteiger partial charge >= 0.3 is 0 Å². The number of aliphatic hydroxyl groups is 2. The minimum absolute atomic E-state index is 0.0508. The normalized spacial score (nSPS) is 17.6. The maximum atomic E-state index is 13.8. The summed E-state index contributed by atoms with van der Waals surface area (Å²) in [7, 11) is 0. The van der Waals surface area contributed by atoms with Crippen LogP contribution in [0.25, 0.3) is 16.5 Å². The van der Waals surface area contributed by atoms with Crippen molar-refractivity contribution in [2.24, 2.45) is 5.92 Å². The Bertz CT molecular complexity index is 1680. The number of hydrogen-bond acceptors (Lipinski definition) is 7. The molecule has 0 aliphatic carbocycles. The summed E-state index contributed by atoms with van der Waals surface area (Å²) < 4.78 is 1.29. The molecular weight excluding hydrogens is 500 g/mol. The molecular formula is C29H26N4O6. The number of nitrogens with zero attached hydrogens (tertiary/aromatic N) is 4. The number of hydrogen-bond donors (Lipinski definition) is 2. The van der Waals surface area contributed by atoms with Gasteiger partial charge in [0.1, 0.15) is 0 Å². The molecule has 1 aliphatic heterocycles. The van der Waals surface area contributed by atoms with Crippen molar-refractivity contribution in [1.29, 1.82) is 0 Å². The largest absolute Gasteiger partial charge is 0.396 e. The SMILES string of the molecule is C[C@@H](/C=C/CCO)[C@]1(O)C(=O)N(Cc2cccc(-n3ncc4ccccc4c3=O)c2)c2ccc([N+](=O)[O-])cc21. The van der Waals surface area contributed by atoms with Gasteiger partial charge in [0.05, 0.1) is 34.4 Å². The highest BCUT2D eigenvalue weighted by atomic mass is 16.6. The highest BCUT2D eigenvalue weighted by Crippen LogP contribution is 2.47. The molecule has 4 aromatic rings. The van der Waals surface area contributed by atoms with E-state index in [1.165, 1.54) is 27.8 Å². The first-order valence-corrected chi connectivity index (χ1v) is 12.4. The number of nitro groups is 1. The van der Waals surface area contributed by atoms with Crippen LogP contribution in [0.15, 0.2) is 89.9 Å². The molecule has 10 heteroatoms. The van der Waals surface area contributed by atoms with Gasteiger partial charge in [-0.15, -0.1) is 0 Å². The number of non-ortho nitro benzene ring substituents is 1. The zero-order valence-electron chi connectivity index (χ0n) is 21.1. The van der Waals surface area contributed by atoms with E-state index >= 15 is 0 Å². The number of fused-ring (bicyclic) bond motifs is 2. The van der Waals surface area contributed by atoms with Crippen LogP contribution in [0.3, 0.4) is 0 Å². The zero-order chi connectivity index (χ0) is 27.7. The van der Waals surface area contributed by atoms with E-state index in [4.69, 9.17) is 5.11 Å². The maximum absolute atomic E-state index is 13.8. The second-order valence-electron chi connectivity index (χ2n) is 9.46. The van der Waals surface area contributed by atoms with Crippen LogP contribution in [-0.4, -0.2) is 37.4 Å². The molecule has 5 rings (SSSR count). The van der Waals surface area contributed by atoms with Crippen LogP contribution in [0.1, 0.15) is 24.5 Å². The van der Waals surface area contributed by atoms with Crippen LogP contribution in [-0.2, 0) is 16.9 Å². The smallest absolute Gasteiger partial charge is 0.279 e. The Hall–Kier alpha value is -4.67. The molecule has 0 unspecified atom stereocenters. The summed E-state index contributed by atoms with van der Waals surface area (Å²) in [5.74, 6) is -1.35. The lowest BCUT2D eigenvalue weighted by Crippen LogP contribution is -2.44. The van der Waals surface area contributed by atoms with Gasteiger partial charge in [0.25, 0.3) is 17.2 Å². The van der Waals surface area contributed by atoms with Crippen LogP contribution in [0.2, 0.25) is 0 Å². The number of anilines is 1. The quantitative estimate of drug-likeness (QED) is 0.203. The molecule has 0 fully saturated rings. The van der Waals surface area contributed by atoms with Crippen molar-refractivity contribution >= 4 is 28.1 Å². The lowest BCUT2D eigenvalue weighted by Gasteiger charge is -2.27. The minimum atomic E-state index is -2.04. The van der Waals surface area contributed by atoms with Crippen molar-refractivity contribution in [3.63, 3.8) is 0 Å². The lowest BCUT2D eigenvalue weighted by atomic mass is 9.82. The van der Waals surface area contributed by atoms with Gasteiger partial charge < -0.3 is 15.1 Å². The molecule has 1 amide bonds. The molecule has 0 radical (unpaired) electrons. The van der Waals surface area contributed by atoms with Crippen molar-refractivity contribution in [2.75, 3.05) is 11.5 Å². The molecule has 1 aromatic heterocycles. The van der Waals surface area contributed by atoms with Gasteiger partial charge in [-0.25, -0.2) is 0 Å². The Kier molecular flexibility index (Phi) is 6.81. The van der Waals surface area contributed by atoms with Crippen LogP contribution in [0.4, 0.5) is 11.4 Å². The Morgan fingerprint density at radius 3 is 2.67 bits per heavy atom. The molecule has 0 saturated heterocycles. The molecule has 10 nitrogen and oxygen atoms in total. The Labute approximate surface area is 223 Å². The monoisotopic (exact) mass is 526 g/mol. The molecule has 1 aliphatic rings. The van der Waals surface area contributed by atoms with Crippen LogP contribution in [0.5, 0.6) is 0 Å². The van der Waals surface area contributed by atoms with Gasteiger partial charge in [0, 0.05) is 35.6 Å². The van der Waals surface area contributed by atoms with Crippen molar-refractivity contribution in [1.82, 2.24) is 9.78 Å². The summed E-state index contributed by atoms with van der Waals surface area (Å²) in [4.78, 5) is 39.1. The fourth-order valence-electron chi connectivity index (χ4n) is 4.96. The molecule has 3 aromatic carbocycles. The Morgan fingerprint density at radius 1 is 1.10 bits per heavy atom. The summed E-state index contributed by atoms with van der Waals surface area (Å²) in [6.07, 6.45) is 5.24. The molecule has 2 atom stereocenters. The van der Waals surface area contributed by atoms with E-state index in [2.05, 4.69) is 5.10 Å². The third-order valence-electron chi connectivity index (χ3n) is 7.03. The summed E-state index contributed by atoms with van der Waals surface area (Å²) in [5, 5.41) is 37.9. The third kappa shape index (κ3) is 4.49. The number of carbonyl (C=O) groups excluding carboxylic acids is 1. The summed E-state index contributed by atoms with van der Waals surface area (Å²) in [6.45, 7) is 1.61. The molecule has 0 saturated carbocycles. The van der Waals surface area contributed by atoms with E-state index in [-0.39, 0.29) is 30.0 Å². The van der Waals surface area contributed by atoms with Crippen molar-refractivity contribution in [3.8, 4) is 5.69 Å². The van der Waals surface area contributed by atoms with E-state index in [0.717, 1.165) is 5.39 Å². The highest BCUT2D eigenvalue weighted by Gasteiger charge is 2.53. The fourth-order valence-corrected chi connectivity index (χ4v) is 4.96. The predicted octanol–water partition coefficient (Wildman–Crippen LogP) is 3.60. The van der Waals surface area contributed by atoms with Gasteiger partial charge in [-0.2, -0.15) is 9.78 Å². The van der Waals surface area contributed by atoms with Crippen LogP contribution >= 0.6 is 0 Å². The van der Waals surface area contributed by atoms with Crippen molar-refractivity contribution in [2.45, 2.75) is 25.5 Å². The number of aliphatic hydroxyl groups excluding tert-OH is 1. The Balaban J connectivity index is 1.54. The number of nitro benzene ring substituents is 1. The minimum Gasteiger partial charge on any atom is -0.396 e.